The quantitative estimate of drug-likeness (QED) is 0.862. The fraction of sp³-hybridized carbons (Fsp3) is 0.381. The Bertz CT molecular complexity index is 1040. The van der Waals surface area contributed by atoms with E-state index in [1.54, 1.807) is 29.4 Å². The number of nitrogens with zero attached hydrogens (tertiary/aromatic N) is 2. The number of benzene rings is 2. The van der Waals surface area contributed by atoms with E-state index in [4.69, 9.17) is 0 Å². The maximum atomic E-state index is 13.1. The number of fused-ring (bicyclic) bond motifs is 1. The summed E-state index contributed by atoms with van der Waals surface area (Å²) in [5.74, 6) is -0.419. The van der Waals surface area contributed by atoms with E-state index in [9.17, 15) is 13.2 Å². The van der Waals surface area contributed by atoms with E-state index in [0.29, 0.717) is 31.9 Å². The normalized spacial score (nSPS) is 20.2. The molecule has 0 bridgehead atoms. The van der Waals surface area contributed by atoms with Gasteiger partial charge < -0.3 is 10.2 Å². The van der Waals surface area contributed by atoms with Crippen LogP contribution in [0.1, 0.15) is 29.5 Å². The fourth-order valence-corrected chi connectivity index (χ4v) is 5.41. The topological polar surface area (TPSA) is 69.7 Å². The van der Waals surface area contributed by atoms with Crippen LogP contribution in [0.2, 0.25) is 0 Å². The van der Waals surface area contributed by atoms with Gasteiger partial charge in [0.1, 0.15) is 0 Å². The lowest BCUT2D eigenvalue weighted by molar-refractivity contribution is -0.116. The van der Waals surface area contributed by atoms with Gasteiger partial charge in [-0.25, -0.2) is 8.42 Å². The number of amides is 1. The van der Waals surface area contributed by atoms with E-state index < -0.39 is 10.0 Å². The summed E-state index contributed by atoms with van der Waals surface area (Å²) in [7, 11) is -3.58. The van der Waals surface area contributed by atoms with E-state index >= 15 is 0 Å². The standard InChI is InChI=1S/C21H25N3O3S/c1-14-5-4-6-20(15(14)2)23-9-11-24(12-10-23)28(26,27)17-7-8-19-18(13-17)16(3)21(25)22-19/h4-8,13,16H,9-12H2,1-3H3,(H,22,25)/t16-/m1/s1. The van der Waals surface area contributed by atoms with Crippen LogP contribution in [0.4, 0.5) is 11.4 Å². The van der Waals surface area contributed by atoms with Gasteiger partial charge in [-0.05, 0) is 61.7 Å². The summed E-state index contributed by atoms with van der Waals surface area (Å²) >= 11 is 0. The molecule has 6 nitrogen and oxygen atoms in total. The van der Waals surface area contributed by atoms with Crippen molar-refractivity contribution in [1.29, 1.82) is 0 Å². The maximum Gasteiger partial charge on any atom is 0.243 e. The summed E-state index contributed by atoms with van der Waals surface area (Å²) in [5.41, 5.74) is 5.11. The minimum Gasteiger partial charge on any atom is -0.369 e. The molecule has 28 heavy (non-hydrogen) atoms. The predicted molar refractivity (Wildman–Crippen MR) is 110 cm³/mol. The summed E-state index contributed by atoms with van der Waals surface area (Å²) in [4.78, 5) is 14.4. The third-order valence-corrected chi connectivity index (χ3v) is 7.83. The van der Waals surface area contributed by atoms with Crippen molar-refractivity contribution < 1.29 is 13.2 Å². The first-order valence-corrected chi connectivity index (χ1v) is 11.0. The molecule has 1 atom stereocenters. The number of anilines is 2. The molecule has 0 radical (unpaired) electrons. The van der Waals surface area contributed by atoms with Gasteiger partial charge in [0.05, 0.1) is 10.8 Å². The molecular weight excluding hydrogens is 374 g/mol. The molecule has 2 aromatic rings. The van der Waals surface area contributed by atoms with Crippen LogP contribution in [-0.4, -0.2) is 44.8 Å². The number of piperazine rings is 1. The van der Waals surface area contributed by atoms with E-state index in [1.165, 1.54) is 16.8 Å². The SMILES string of the molecule is Cc1cccc(N2CCN(S(=O)(=O)c3ccc4c(c3)[C@@H](C)C(=O)N4)CC2)c1C. The largest absolute Gasteiger partial charge is 0.369 e. The second kappa shape index (κ2) is 6.90. The maximum absolute atomic E-state index is 13.1. The van der Waals surface area contributed by atoms with Gasteiger partial charge in [0.25, 0.3) is 0 Å². The van der Waals surface area contributed by atoms with Crippen molar-refractivity contribution in [2.45, 2.75) is 31.6 Å². The Morgan fingerprint density at radius 3 is 2.46 bits per heavy atom. The first kappa shape index (κ1) is 19.0. The van der Waals surface area contributed by atoms with Crippen molar-refractivity contribution >= 4 is 27.3 Å². The van der Waals surface area contributed by atoms with Crippen molar-refractivity contribution in [2.75, 3.05) is 36.4 Å². The summed E-state index contributed by atoms with van der Waals surface area (Å²) in [6, 6.07) is 11.2. The molecular formula is C21H25N3O3S. The minimum absolute atomic E-state index is 0.0910. The second-order valence-electron chi connectivity index (χ2n) is 7.57. The fourth-order valence-electron chi connectivity index (χ4n) is 3.95. The molecule has 0 aliphatic carbocycles. The number of nitrogens with one attached hydrogen (secondary N) is 1. The van der Waals surface area contributed by atoms with Crippen LogP contribution in [0.3, 0.4) is 0 Å². The van der Waals surface area contributed by atoms with Gasteiger partial charge in [0.15, 0.2) is 0 Å². The molecule has 2 aliphatic rings. The van der Waals surface area contributed by atoms with Crippen LogP contribution in [0.5, 0.6) is 0 Å². The third-order valence-electron chi connectivity index (χ3n) is 5.93. The molecule has 0 saturated carbocycles. The number of sulfonamides is 1. The lowest BCUT2D eigenvalue weighted by Gasteiger charge is -2.36. The predicted octanol–water partition coefficient (Wildman–Crippen LogP) is 2.87. The molecule has 1 fully saturated rings. The Morgan fingerprint density at radius 1 is 1.04 bits per heavy atom. The first-order valence-electron chi connectivity index (χ1n) is 9.55. The molecule has 1 amide bonds. The van der Waals surface area contributed by atoms with Crippen LogP contribution >= 0.6 is 0 Å². The van der Waals surface area contributed by atoms with E-state index in [1.807, 2.05) is 6.07 Å². The highest BCUT2D eigenvalue weighted by atomic mass is 32.2. The average Bonchev–Trinajstić information content (AvgIpc) is 2.97. The Balaban J connectivity index is 1.53. The van der Waals surface area contributed by atoms with Gasteiger partial charge in [-0.2, -0.15) is 4.31 Å². The zero-order valence-electron chi connectivity index (χ0n) is 16.4. The Labute approximate surface area is 166 Å². The number of carbonyl (C=O) groups excluding carboxylic acids is 1. The summed E-state index contributed by atoms with van der Waals surface area (Å²) in [6.45, 7) is 8.19. The molecule has 1 saturated heterocycles. The van der Waals surface area contributed by atoms with Crippen molar-refractivity contribution in [3.63, 3.8) is 0 Å². The molecule has 2 aromatic carbocycles. The van der Waals surface area contributed by atoms with E-state index in [2.05, 4.69) is 36.2 Å². The van der Waals surface area contributed by atoms with Crippen molar-refractivity contribution in [3.8, 4) is 0 Å². The molecule has 7 heteroatoms. The third kappa shape index (κ3) is 3.08. The van der Waals surface area contributed by atoms with Crippen molar-refractivity contribution in [1.82, 2.24) is 4.31 Å². The number of hydrogen-bond donors (Lipinski definition) is 1. The van der Waals surface area contributed by atoms with Gasteiger partial charge in [0, 0.05) is 37.6 Å². The molecule has 0 unspecified atom stereocenters. The number of carbonyl (C=O) groups is 1. The lowest BCUT2D eigenvalue weighted by Crippen LogP contribution is -2.48. The Hall–Kier alpha value is -2.38. The summed E-state index contributed by atoms with van der Waals surface area (Å²) < 4.78 is 27.8. The molecule has 148 valence electrons. The molecule has 2 heterocycles. The lowest BCUT2D eigenvalue weighted by atomic mass is 10.0. The van der Waals surface area contributed by atoms with Gasteiger partial charge >= 0.3 is 0 Å². The monoisotopic (exact) mass is 399 g/mol. The second-order valence-corrected chi connectivity index (χ2v) is 9.51. The smallest absolute Gasteiger partial charge is 0.243 e. The number of rotatable bonds is 3. The highest BCUT2D eigenvalue weighted by Gasteiger charge is 2.32. The van der Waals surface area contributed by atoms with Crippen molar-refractivity contribution in [3.05, 3.63) is 53.1 Å². The van der Waals surface area contributed by atoms with Crippen LogP contribution in [0.25, 0.3) is 0 Å². The Morgan fingerprint density at radius 2 is 1.75 bits per heavy atom. The number of aryl methyl sites for hydroxylation is 1. The molecule has 0 spiro atoms. The van der Waals surface area contributed by atoms with Crippen LogP contribution in [0.15, 0.2) is 41.3 Å². The van der Waals surface area contributed by atoms with Gasteiger partial charge in [-0.15, -0.1) is 0 Å². The van der Waals surface area contributed by atoms with Crippen molar-refractivity contribution in [2.24, 2.45) is 0 Å². The molecule has 0 aromatic heterocycles. The van der Waals surface area contributed by atoms with Crippen LogP contribution in [0, 0.1) is 13.8 Å². The summed E-state index contributed by atoms with van der Waals surface area (Å²) in [6.07, 6.45) is 0. The molecule has 1 N–H and O–H groups in total. The minimum atomic E-state index is -3.58. The Kier molecular flexibility index (Phi) is 4.67. The highest BCUT2D eigenvalue weighted by Crippen LogP contribution is 2.34. The van der Waals surface area contributed by atoms with Crippen LogP contribution < -0.4 is 10.2 Å². The van der Waals surface area contributed by atoms with E-state index in [0.717, 1.165) is 5.56 Å². The molecule has 2 aliphatic heterocycles. The zero-order valence-corrected chi connectivity index (χ0v) is 17.2. The van der Waals surface area contributed by atoms with Gasteiger partial charge in [-0.1, -0.05) is 12.1 Å². The summed E-state index contributed by atoms with van der Waals surface area (Å²) in [5, 5.41) is 2.79. The van der Waals surface area contributed by atoms with Crippen LogP contribution in [-0.2, 0) is 14.8 Å². The van der Waals surface area contributed by atoms with Gasteiger partial charge in [-0.3, -0.25) is 4.79 Å². The number of hydrogen-bond acceptors (Lipinski definition) is 4. The first-order chi connectivity index (χ1) is 13.3. The van der Waals surface area contributed by atoms with Gasteiger partial charge in [0.2, 0.25) is 15.9 Å². The molecule has 4 rings (SSSR count). The van der Waals surface area contributed by atoms with E-state index in [-0.39, 0.29) is 16.7 Å². The average molecular weight is 400 g/mol. The highest BCUT2D eigenvalue weighted by molar-refractivity contribution is 7.89. The zero-order chi connectivity index (χ0) is 20.1.